The third-order valence-corrected chi connectivity index (χ3v) is 4.63. The van der Waals surface area contributed by atoms with Gasteiger partial charge in [-0.3, -0.25) is 4.79 Å². The van der Waals surface area contributed by atoms with Crippen molar-refractivity contribution in [3.05, 3.63) is 27.7 Å². The quantitative estimate of drug-likeness (QED) is 0.874. The Bertz CT molecular complexity index is 473. The molecule has 0 aliphatic carbocycles. The molecule has 1 heterocycles. The molecule has 2 rings (SSSR count). The van der Waals surface area contributed by atoms with Gasteiger partial charge in [0.25, 0.3) is 0 Å². The molecule has 1 aromatic carbocycles. The zero-order valence-electron chi connectivity index (χ0n) is 10.9. The lowest BCUT2D eigenvalue weighted by Crippen LogP contribution is -2.47. The van der Waals surface area contributed by atoms with Gasteiger partial charge >= 0.3 is 0 Å². The molecule has 1 unspecified atom stereocenters. The average molecular weight is 346 g/mol. The van der Waals surface area contributed by atoms with E-state index >= 15 is 0 Å². The van der Waals surface area contributed by atoms with Crippen molar-refractivity contribution in [2.45, 2.75) is 26.2 Å². The lowest BCUT2D eigenvalue weighted by atomic mass is 9.77. The zero-order valence-corrected chi connectivity index (χ0v) is 13.3. The summed E-state index contributed by atoms with van der Waals surface area (Å²) in [5.41, 5.74) is 0.351. The van der Waals surface area contributed by atoms with Crippen LogP contribution in [-0.4, -0.2) is 19.0 Å². The Balaban J connectivity index is 2.17. The predicted molar refractivity (Wildman–Crippen MR) is 82.6 cm³/mol. The summed E-state index contributed by atoms with van der Waals surface area (Å²) < 4.78 is 0.902. The summed E-state index contributed by atoms with van der Waals surface area (Å²) in [6, 6.07) is 5.47. The number of carbonyl (C=O) groups is 1. The molecule has 1 saturated heterocycles. The van der Waals surface area contributed by atoms with Crippen molar-refractivity contribution in [1.29, 1.82) is 0 Å². The van der Waals surface area contributed by atoms with Crippen LogP contribution in [0.4, 0.5) is 5.69 Å². The maximum Gasteiger partial charge on any atom is 0.231 e. The first-order chi connectivity index (χ1) is 9.07. The lowest BCUT2D eigenvalue weighted by Gasteiger charge is -2.35. The maximum absolute atomic E-state index is 12.6. The van der Waals surface area contributed by atoms with E-state index in [4.69, 9.17) is 11.6 Å². The Hall–Kier alpha value is -0.580. The fourth-order valence-corrected chi connectivity index (χ4v) is 3.00. The van der Waals surface area contributed by atoms with Gasteiger partial charge in [0.2, 0.25) is 5.91 Å². The van der Waals surface area contributed by atoms with Gasteiger partial charge < -0.3 is 10.6 Å². The van der Waals surface area contributed by atoms with Gasteiger partial charge in [-0.15, -0.1) is 0 Å². The molecular formula is C14H18BrClN2O. The second-order valence-corrected chi connectivity index (χ2v) is 6.32. The van der Waals surface area contributed by atoms with Crippen molar-refractivity contribution in [1.82, 2.24) is 5.32 Å². The minimum atomic E-state index is -0.316. The van der Waals surface area contributed by atoms with Crippen molar-refractivity contribution < 1.29 is 4.79 Å². The number of benzene rings is 1. The number of amides is 1. The van der Waals surface area contributed by atoms with E-state index < -0.39 is 0 Å². The molecule has 1 amide bonds. The molecule has 1 fully saturated rings. The highest BCUT2D eigenvalue weighted by Gasteiger charge is 2.37. The van der Waals surface area contributed by atoms with E-state index in [2.05, 4.69) is 33.5 Å². The molecule has 3 nitrogen and oxygen atoms in total. The standard InChI is InChI=1S/C14H18BrClN2O/c1-2-14(6-3-7-17-9-14)13(19)18-12-8-10(15)4-5-11(12)16/h4-5,8,17H,2-3,6-7,9H2,1H3,(H,18,19). The maximum atomic E-state index is 12.6. The number of halogens is 2. The minimum Gasteiger partial charge on any atom is -0.324 e. The monoisotopic (exact) mass is 344 g/mol. The van der Waals surface area contributed by atoms with Crippen LogP contribution in [0.5, 0.6) is 0 Å². The number of hydrogen-bond acceptors (Lipinski definition) is 2. The minimum absolute atomic E-state index is 0.0576. The Morgan fingerprint density at radius 1 is 1.58 bits per heavy atom. The van der Waals surface area contributed by atoms with Gasteiger partial charge in [0.05, 0.1) is 16.1 Å². The molecule has 0 radical (unpaired) electrons. The fraction of sp³-hybridized carbons (Fsp3) is 0.500. The first kappa shape index (κ1) is 14.8. The smallest absolute Gasteiger partial charge is 0.231 e. The molecule has 0 aromatic heterocycles. The van der Waals surface area contributed by atoms with Crippen LogP contribution in [0, 0.1) is 5.41 Å². The molecule has 0 spiro atoms. The molecule has 1 aliphatic rings. The molecule has 0 saturated carbocycles. The molecule has 104 valence electrons. The number of nitrogens with one attached hydrogen (secondary N) is 2. The van der Waals surface area contributed by atoms with E-state index in [1.54, 1.807) is 6.07 Å². The third kappa shape index (κ3) is 3.30. The molecule has 5 heteroatoms. The van der Waals surface area contributed by atoms with Crippen LogP contribution in [0.25, 0.3) is 0 Å². The molecule has 19 heavy (non-hydrogen) atoms. The first-order valence-corrected chi connectivity index (χ1v) is 7.72. The summed E-state index contributed by atoms with van der Waals surface area (Å²) >= 11 is 9.51. The highest BCUT2D eigenvalue weighted by Crippen LogP contribution is 2.33. The van der Waals surface area contributed by atoms with Crippen LogP contribution in [0.15, 0.2) is 22.7 Å². The van der Waals surface area contributed by atoms with E-state index in [1.807, 2.05) is 12.1 Å². The normalized spacial score (nSPS) is 23.1. The Morgan fingerprint density at radius 3 is 3.00 bits per heavy atom. The highest BCUT2D eigenvalue weighted by atomic mass is 79.9. The van der Waals surface area contributed by atoms with Crippen molar-refractivity contribution >= 4 is 39.1 Å². The van der Waals surface area contributed by atoms with E-state index in [1.165, 1.54) is 0 Å². The van der Waals surface area contributed by atoms with Crippen molar-refractivity contribution in [3.8, 4) is 0 Å². The van der Waals surface area contributed by atoms with Crippen LogP contribution >= 0.6 is 27.5 Å². The topological polar surface area (TPSA) is 41.1 Å². The van der Waals surface area contributed by atoms with E-state index in [-0.39, 0.29) is 11.3 Å². The third-order valence-electron chi connectivity index (χ3n) is 3.81. The summed E-state index contributed by atoms with van der Waals surface area (Å²) in [4.78, 5) is 12.6. The molecule has 0 bridgehead atoms. The van der Waals surface area contributed by atoms with Crippen LogP contribution < -0.4 is 10.6 Å². The lowest BCUT2D eigenvalue weighted by molar-refractivity contribution is -0.126. The summed E-state index contributed by atoms with van der Waals surface area (Å²) in [6.45, 7) is 3.79. The number of hydrogen-bond donors (Lipinski definition) is 2. The van der Waals surface area contributed by atoms with E-state index in [0.29, 0.717) is 10.7 Å². The van der Waals surface area contributed by atoms with Gasteiger partial charge in [-0.2, -0.15) is 0 Å². The van der Waals surface area contributed by atoms with Gasteiger partial charge in [-0.25, -0.2) is 0 Å². The van der Waals surface area contributed by atoms with Gasteiger partial charge in [-0.05, 0) is 44.0 Å². The number of anilines is 1. The molecule has 1 atom stereocenters. The van der Waals surface area contributed by atoms with Gasteiger partial charge in [0.15, 0.2) is 0 Å². The second kappa shape index (κ2) is 6.25. The molecule has 1 aliphatic heterocycles. The van der Waals surface area contributed by atoms with E-state index in [9.17, 15) is 4.79 Å². The highest BCUT2D eigenvalue weighted by molar-refractivity contribution is 9.10. The predicted octanol–water partition coefficient (Wildman–Crippen LogP) is 3.82. The van der Waals surface area contributed by atoms with Gasteiger partial charge in [0, 0.05) is 11.0 Å². The zero-order chi connectivity index (χ0) is 13.9. The van der Waals surface area contributed by atoms with Crippen LogP contribution in [0.2, 0.25) is 5.02 Å². The van der Waals surface area contributed by atoms with Gasteiger partial charge in [0.1, 0.15) is 0 Å². The molecule has 2 N–H and O–H groups in total. The Kier molecular flexibility index (Phi) is 4.87. The number of rotatable bonds is 3. The summed E-state index contributed by atoms with van der Waals surface area (Å²) in [6.07, 6.45) is 2.79. The largest absolute Gasteiger partial charge is 0.324 e. The number of piperidine rings is 1. The first-order valence-electron chi connectivity index (χ1n) is 6.54. The second-order valence-electron chi connectivity index (χ2n) is 4.99. The summed E-state index contributed by atoms with van der Waals surface area (Å²) in [5.74, 6) is 0.0576. The SMILES string of the molecule is CCC1(C(=O)Nc2cc(Br)ccc2Cl)CCCNC1. The van der Waals surface area contributed by atoms with Crippen LogP contribution in [0.3, 0.4) is 0 Å². The summed E-state index contributed by atoms with van der Waals surface area (Å²) in [5, 5.41) is 6.85. The van der Waals surface area contributed by atoms with Crippen LogP contribution in [-0.2, 0) is 4.79 Å². The van der Waals surface area contributed by atoms with Crippen LogP contribution in [0.1, 0.15) is 26.2 Å². The van der Waals surface area contributed by atoms with Crippen molar-refractivity contribution in [2.75, 3.05) is 18.4 Å². The number of carbonyl (C=O) groups excluding carboxylic acids is 1. The van der Waals surface area contributed by atoms with Crippen molar-refractivity contribution in [2.24, 2.45) is 5.41 Å². The average Bonchev–Trinajstić information content (AvgIpc) is 2.43. The Morgan fingerprint density at radius 2 is 2.37 bits per heavy atom. The van der Waals surface area contributed by atoms with Gasteiger partial charge in [-0.1, -0.05) is 34.5 Å². The molecular weight excluding hydrogens is 328 g/mol. The van der Waals surface area contributed by atoms with E-state index in [0.717, 1.165) is 36.8 Å². The Labute approximate surface area is 127 Å². The van der Waals surface area contributed by atoms with Crippen molar-refractivity contribution in [3.63, 3.8) is 0 Å². The summed E-state index contributed by atoms with van der Waals surface area (Å²) in [7, 11) is 0. The molecule has 1 aromatic rings. The fourth-order valence-electron chi connectivity index (χ4n) is 2.47.